The molecule has 2 aromatic rings. The number of aryl methyl sites for hydroxylation is 1. The fraction of sp³-hybridized carbons (Fsp3) is 0.682. The van der Waals surface area contributed by atoms with Crippen LogP contribution in [0.3, 0.4) is 0 Å². The highest BCUT2D eigenvalue weighted by Crippen LogP contribution is 2.44. The molecule has 1 amide bonds. The molecule has 16 heteroatoms. The Balaban J connectivity index is 1.45. The molecule has 13 atom stereocenters. The molecule has 5 heterocycles. The first-order valence-corrected chi connectivity index (χ1v) is 21.1. The number of ketones is 2. The lowest BCUT2D eigenvalue weighted by atomic mass is 9.72. The predicted octanol–water partition coefficient (Wildman–Crippen LogP) is 5.23. The zero-order chi connectivity index (χ0) is 44.3. The van der Waals surface area contributed by atoms with Gasteiger partial charge in [0.05, 0.1) is 35.9 Å². The van der Waals surface area contributed by atoms with Gasteiger partial charge >= 0.3 is 12.1 Å². The number of Topliss-reactive ketones (excluding diaryl/α,β-unsaturated/α-hetero) is 2. The molecule has 0 aliphatic carbocycles. The average molecular weight is 842 g/mol. The van der Waals surface area contributed by atoms with Gasteiger partial charge in [0.25, 0.3) is 0 Å². The molecule has 0 aromatic carbocycles. The Morgan fingerprint density at radius 3 is 2.37 bits per heavy atom. The first-order valence-electron chi connectivity index (χ1n) is 21.1. The molecule has 332 valence electrons. The van der Waals surface area contributed by atoms with Crippen LogP contribution in [0.15, 0.2) is 43.5 Å². The maximum Gasteiger partial charge on any atom is 0.411 e. The number of cyclic esters (lactones) is 1. The number of hydrogen-bond donors (Lipinski definition) is 1. The number of carbonyl (C=O) groups excluding carboxylic acids is 4. The number of esters is 1. The van der Waals surface area contributed by atoms with Crippen LogP contribution in [0, 0.1) is 29.6 Å². The lowest BCUT2D eigenvalue weighted by Crippen LogP contribution is -2.60. The summed E-state index contributed by atoms with van der Waals surface area (Å²) in [5, 5.41) is 11.5. The number of likely N-dealkylation sites (N-methyl/N-ethyl adjacent to an activating group) is 1. The summed E-state index contributed by atoms with van der Waals surface area (Å²) in [5.41, 5.74) is -1.61. The highest BCUT2D eigenvalue weighted by Gasteiger charge is 2.61. The Morgan fingerprint density at radius 1 is 1.05 bits per heavy atom. The number of aliphatic hydroxyl groups excluding tert-OH is 1. The zero-order valence-electron chi connectivity index (χ0n) is 36.7. The summed E-state index contributed by atoms with van der Waals surface area (Å²) < 4.78 is 46.5. The monoisotopic (exact) mass is 841 g/mol. The van der Waals surface area contributed by atoms with E-state index in [0.29, 0.717) is 37.1 Å². The Kier molecular flexibility index (Phi) is 15.1. The molecular weight excluding hydrogens is 778 g/mol. The lowest BCUT2D eigenvalue weighted by molar-refractivity contribution is -0.295. The number of pyridine rings is 1. The van der Waals surface area contributed by atoms with Crippen LogP contribution in [0.25, 0.3) is 11.3 Å². The summed E-state index contributed by atoms with van der Waals surface area (Å²) in [4.78, 5) is 68.7. The van der Waals surface area contributed by atoms with Crippen LogP contribution >= 0.6 is 0 Å². The van der Waals surface area contributed by atoms with Crippen molar-refractivity contribution in [1.82, 2.24) is 24.3 Å². The summed E-state index contributed by atoms with van der Waals surface area (Å²) in [6.07, 6.45) is 3.01. The van der Waals surface area contributed by atoms with E-state index in [1.807, 2.05) is 36.7 Å². The minimum absolute atomic E-state index is 0.0873. The van der Waals surface area contributed by atoms with Crippen molar-refractivity contribution in [2.75, 3.05) is 27.7 Å². The molecule has 5 rings (SSSR count). The van der Waals surface area contributed by atoms with Gasteiger partial charge < -0.3 is 38.3 Å². The second kappa shape index (κ2) is 19.3. The van der Waals surface area contributed by atoms with E-state index in [4.69, 9.17) is 23.7 Å². The number of nitrogens with zero attached hydrogens (tertiary/aromatic N) is 5. The number of unbranched alkanes of at least 4 members (excludes halogenated alkanes) is 1. The number of aromatic nitrogens is 3. The van der Waals surface area contributed by atoms with Crippen molar-refractivity contribution in [2.24, 2.45) is 23.7 Å². The Labute approximate surface area is 352 Å². The van der Waals surface area contributed by atoms with Crippen molar-refractivity contribution in [3.8, 4) is 11.3 Å². The second-order valence-corrected chi connectivity index (χ2v) is 17.3. The van der Waals surface area contributed by atoms with Crippen LogP contribution in [0.5, 0.6) is 0 Å². The second-order valence-electron chi connectivity index (χ2n) is 17.3. The van der Waals surface area contributed by atoms with Gasteiger partial charge in [-0.15, -0.1) is 0 Å². The number of rotatable bonds is 12. The third-order valence-corrected chi connectivity index (χ3v) is 12.9. The zero-order valence-corrected chi connectivity index (χ0v) is 36.7. The number of carbonyl (C=O) groups is 4. The molecule has 3 saturated heterocycles. The predicted molar refractivity (Wildman–Crippen MR) is 219 cm³/mol. The largest absolute Gasteiger partial charge is 0.457 e. The van der Waals surface area contributed by atoms with Crippen LogP contribution in [0.1, 0.15) is 80.6 Å². The van der Waals surface area contributed by atoms with E-state index < -0.39 is 89.3 Å². The van der Waals surface area contributed by atoms with Gasteiger partial charge in [-0.1, -0.05) is 34.3 Å². The first kappa shape index (κ1) is 47.0. The number of ether oxygens (including phenoxy) is 5. The van der Waals surface area contributed by atoms with E-state index >= 15 is 0 Å². The molecule has 3 aliphatic rings. The first-order chi connectivity index (χ1) is 28.3. The molecule has 0 saturated carbocycles. The van der Waals surface area contributed by atoms with Gasteiger partial charge in [-0.3, -0.25) is 19.3 Å². The van der Waals surface area contributed by atoms with Crippen molar-refractivity contribution < 1.29 is 52.4 Å². The minimum Gasteiger partial charge on any atom is -0.457 e. The van der Waals surface area contributed by atoms with Gasteiger partial charge in [-0.25, -0.2) is 14.8 Å². The molecule has 60 heavy (non-hydrogen) atoms. The maximum atomic E-state index is 14.8. The van der Waals surface area contributed by atoms with Crippen LogP contribution in [0.2, 0.25) is 0 Å². The van der Waals surface area contributed by atoms with E-state index in [-0.39, 0.29) is 37.3 Å². The van der Waals surface area contributed by atoms with Crippen LogP contribution < -0.4 is 0 Å². The smallest absolute Gasteiger partial charge is 0.411 e. The molecule has 1 unspecified atom stereocenters. The molecule has 0 bridgehead atoms. The molecular formula is C44H64FN5O10. The summed E-state index contributed by atoms with van der Waals surface area (Å²) in [7, 11) is 5.20. The van der Waals surface area contributed by atoms with E-state index in [1.54, 1.807) is 47.0 Å². The quantitative estimate of drug-likeness (QED) is 0.0969. The van der Waals surface area contributed by atoms with Crippen LogP contribution in [0.4, 0.5) is 9.18 Å². The third kappa shape index (κ3) is 9.52. The lowest BCUT2D eigenvalue weighted by Gasteiger charge is -2.47. The van der Waals surface area contributed by atoms with Gasteiger partial charge in [0.2, 0.25) is 5.95 Å². The van der Waals surface area contributed by atoms with Gasteiger partial charge in [0, 0.05) is 62.0 Å². The maximum absolute atomic E-state index is 14.8. The summed E-state index contributed by atoms with van der Waals surface area (Å²) in [6, 6.07) is 1.66. The van der Waals surface area contributed by atoms with E-state index in [9.17, 15) is 28.7 Å². The molecule has 1 N–H and O–H groups in total. The SMILES string of the molecule is C=C[C@]12OC(=O)N(CCCCn3cnc(-c4ccc(F)nc4)c3)[C@@H]1[C@@H](C)C(=O)[C@H](C)C[C@](C)(OC)[C@H](OC1O[C@H](C)C[C@H](N(C)C)[C@H]1O)[C@@H](C)C(=O)[C@@H](C)C(=O)O[C@@H]2CC. The highest BCUT2D eigenvalue weighted by molar-refractivity contribution is 6.00. The molecule has 2 aromatic heterocycles. The molecule has 3 fully saturated rings. The van der Waals surface area contributed by atoms with Crippen molar-refractivity contribution in [3.05, 3.63) is 49.5 Å². The summed E-state index contributed by atoms with van der Waals surface area (Å²) in [5.74, 6) is -5.92. The van der Waals surface area contributed by atoms with Crippen molar-refractivity contribution in [1.29, 1.82) is 0 Å². The number of fused-ring (bicyclic) bond motifs is 1. The number of imidazole rings is 1. The number of halogens is 1. The average Bonchev–Trinajstić information content (AvgIpc) is 3.81. The Hall–Kier alpha value is -4.09. The molecule has 15 nitrogen and oxygen atoms in total. The van der Waals surface area contributed by atoms with Gasteiger partial charge in [-0.2, -0.15) is 4.39 Å². The third-order valence-electron chi connectivity index (χ3n) is 12.9. The normalized spacial score (nSPS) is 35.8. The van der Waals surface area contributed by atoms with Crippen LogP contribution in [-0.4, -0.2) is 135 Å². The standard InChI is InChI=1S/C44H64FN5O10/c1-12-33-44(13-2)38(50(42(55)60-44)19-15-14-18-49-23-31(47-24-49)30-16-17-34(45)46-22-30)27(5)35(51)25(3)21-43(8,56-11)39(28(6)36(52)29(7)40(54)58-33)59-41-37(53)32(48(9)10)20-26(4)57-41/h13,16-17,22-29,32-33,37-39,41,53H,2,12,14-15,18-21H2,1,3-11H3/t25-,26-,27+,28+,29-,32+,33-,37-,38-,39-,41?,43+,44-/m1/s1. The van der Waals surface area contributed by atoms with Crippen molar-refractivity contribution in [2.45, 2.75) is 141 Å². The van der Waals surface area contributed by atoms with Gasteiger partial charge in [-0.05, 0) is 85.2 Å². The van der Waals surface area contributed by atoms with E-state index in [0.717, 1.165) is 0 Å². The number of aliphatic hydroxyl groups is 1. The minimum atomic E-state index is -1.62. The van der Waals surface area contributed by atoms with Gasteiger partial charge in [0.15, 0.2) is 17.7 Å². The van der Waals surface area contributed by atoms with Crippen LogP contribution in [-0.2, 0) is 44.6 Å². The van der Waals surface area contributed by atoms with Crippen molar-refractivity contribution >= 4 is 23.6 Å². The van der Waals surface area contributed by atoms with E-state index in [1.165, 1.54) is 37.3 Å². The number of amides is 1. The van der Waals surface area contributed by atoms with Gasteiger partial charge in [0.1, 0.15) is 23.9 Å². The fourth-order valence-electron chi connectivity index (χ4n) is 9.42. The number of methoxy groups -OCH3 is 1. The molecule has 0 spiro atoms. The highest BCUT2D eigenvalue weighted by atomic mass is 19.1. The molecule has 3 aliphatic heterocycles. The number of hydrogen-bond acceptors (Lipinski definition) is 13. The Bertz CT molecular complexity index is 1840. The fourth-order valence-corrected chi connectivity index (χ4v) is 9.42. The Morgan fingerprint density at radius 2 is 1.75 bits per heavy atom. The topological polar surface area (TPSA) is 172 Å². The summed E-state index contributed by atoms with van der Waals surface area (Å²) >= 11 is 0. The molecule has 0 radical (unpaired) electrons. The van der Waals surface area contributed by atoms with E-state index in [2.05, 4.69) is 16.5 Å². The summed E-state index contributed by atoms with van der Waals surface area (Å²) in [6.45, 7) is 16.9. The van der Waals surface area contributed by atoms with Crippen molar-refractivity contribution in [3.63, 3.8) is 0 Å².